The molecule has 2 heterocycles. The normalized spacial score (nSPS) is 19.4. The average Bonchev–Trinajstić information content (AvgIpc) is 3.14. The monoisotopic (exact) mass is 486 g/mol. The van der Waals surface area contributed by atoms with Crippen LogP contribution in [0.3, 0.4) is 0 Å². The fourth-order valence-electron chi connectivity index (χ4n) is 4.16. The van der Waals surface area contributed by atoms with Crippen LogP contribution in [0.4, 0.5) is 10.8 Å². The Hall–Kier alpha value is -2.82. The molecule has 0 saturated carbocycles. The lowest BCUT2D eigenvalue weighted by Gasteiger charge is -2.34. The summed E-state index contributed by atoms with van der Waals surface area (Å²) in [7, 11) is -3.60. The van der Waals surface area contributed by atoms with E-state index in [2.05, 4.69) is 29.5 Å². The number of hydrogen-bond donors (Lipinski definition) is 2. The van der Waals surface area contributed by atoms with E-state index in [0.29, 0.717) is 46.8 Å². The van der Waals surface area contributed by atoms with Crippen LogP contribution < -0.4 is 10.6 Å². The highest BCUT2D eigenvalue weighted by molar-refractivity contribution is 7.89. The average molecular weight is 487 g/mol. The molecule has 0 bridgehead atoms. The van der Waals surface area contributed by atoms with Crippen LogP contribution in [-0.4, -0.2) is 42.6 Å². The second kappa shape index (κ2) is 9.20. The zero-order valence-electron chi connectivity index (χ0n) is 18.7. The van der Waals surface area contributed by atoms with Crippen molar-refractivity contribution >= 4 is 54.2 Å². The zero-order chi connectivity index (χ0) is 23.8. The Bertz CT molecular complexity index is 1290. The first-order valence-corrected chi connectivity index (χ1v) is 13.0. The number of rotatable bonds is 5. The molecule has 1 aliphatic heterocycles. The van der Waals surface area contributed by atoms with E-state index in [-0.39, 0.29) is 16.7 Å². The lowest BCUT2D eigenvalue weighted by molar-refractivity contribution is -0.114. The Morgan fingerprint density at radius 3 is 2.33 bits per heavy atom. The number of amides is 2. The van der Waals surface area contributed by atoms with Crippen molar-refractivity contribution in [3.8, 4) is 0 Å². The summed E-state index contributed by atoms with van der Waals surface area (Å²) in [6.07, 6.45) is 1.02. The summed E-state index contributed by atoms with van der Waals surface area (Å²) in [4.78, 5) is 28.5. The maximum atomic E-state index is 13.0. The molecule has 2 unspecified atom stereocenters. The number of aromatic nitrogens is 1. The largest absolute Gasteiger partial charge is 0.326 e. The minimum absolute atomic E-state index is 0.165. The fourth-order valence-corrected chi connectivity index (χ4v) is 6.74. The van der Waals surface area contributed by atoms with Crippen LogP contribution in [0.1, 0.15) is 37.6 Å². The van der Waals surface area contributed by atoms with Crippen molar-refractivity contribution in [2.75, 3.05) is 23.7 Å². The molecule has 1 saturated heterocycles. The number of sulfonamides is 1. The maximum absolute atomic E-state index is 13.0. The molecule has 2 aromatic carbocycles. The summed E-state index contributed by atoms with van der Waals surface area (Å²) < 4.78 is 28.4. The Labute approximate surface area is 197 Å². The zero-order valence-corrected chi connectivity index (χ0v) is 20.3. The Morgan fingerprint density at radius 2 is 1.70 bits per heavy atom. The Kier molecular flexibility index (Phi) is 6.51. The van der Waals surface area contributed by atoms with Crippen molar-refractivity contribution < 1.29 is 18.0 Å². The third-order valence-corrected chi connectivity index (χ3v) is 8.30. The summed E-state index contributed by atoms with van der Waals surface area (Å²) in [5.41, 5.74) is 1.70. The van der Waals surface area contributed by atoms with Gasteiger partial charge in [-0.25, -0.2) is 13.4 Å². The van der Waals surface area contributed by atoms with Crippen molar-refractivity contribution in [3.05, 3.63) is 48.0 Å². The number of thiazole rings is 1. The topological polar surface area (TPSA) is 108 Å². The molecule has 1 aromatic heterocycles. The van der Waals surface area contributed by atoms with Gasteiger partial charge in [0, 0.05) is 31.3 Å². The SMILES string of the molecule is CC(=O)Nc1ccc2nc(NC(=O)c3ccc(S(=O)(=O)N4CC(C)CC(C)C4)cc3)sc2c1. The predicted octanol–water partition coefficient (Wildman–Crippen LogP) is 4.17. The molecule has 174 valence electrons. The van der Waals surface area contributed by atoms with E-state index in [4.69, 9.17) is 0 Å². The first-order valence-electron chi connectivity index (χ1n) is 10.7. The number of benzene rings is 2. The smallest absolute Gasteiger partial charge is 0.257 e. The molecular formula is C23H26N4O4S2. The number of nitrogens with zero attached hydrogens (tertiary/aromatic N) is 2. The maximum Gasteiger partial charge on any atom is 0.257 e. The van der Waals surface area contributed by atoms with Gasteiger partial charge in [-0.3, -0.25) is 14.9 Å². The second-order valence-electron chi connectivity index (χ2n) is 8.63. The van der Waals surface area contributed by atoms with E-state index in [9.17, 15) is 18.0 Å². The lowest BCUT2D eigenvalue weighted by atomic mass is 9.94. The van der Waals surface area contributed by atoms with Gasteiger partial charge >= 0.3 is 0 Å². The summed E-state index contributed by atoms with van der Waals surface area (Å²) in [5.74, 6) is 0.0934. The quantitative estimate of drug-likeness (QED) is 0.563. The third-order valence-electron chi connectivity index (χ3n) is 5.52. The molecule has 33 heavy (non-hydrogen) atoms. The minimum Gasteiger partial charge on any atom is -0.326 e. The van der Waals surface area contributed by atoms with E-state index in [1.165, 1.54) is 46.8 Å². The molecule has 4 rings (SSSR count). The summed E-state index contributed by atoms with van der Waals surface area (Å²) in [5, 5.41) is 5.90. The fraction of sp³-hybridized carbons (Fsp3) is 0.348. The van der Waals surface area contributed by atoms with Crippen molar-refractivity contribution in [2.45, 2.75) is 32.1 Å². The van der Waals surface area contributed by atoms with Gasteiger partial charge in [0.1, 0.15) is 0 Å². The molecule has 1 fully saturated rings. The number of carbonyl (C=O) groups excluding carboxylic acids is 2. The van der Waals surface area contributed by atoms with E-state index >= 15 is 0 Å². The number of anilines is 2. The molecule has 2 amide bonds. The van der Waals surface area contributed by atoms with Crippen molar-refractivity contribution in [1.82, 2.24) is 9.29 Å². The molecule has 2 atom stereocenters. The summed E-state index contributed by atoms with van der Waals surface area (Å²) in [6.45, 7) is 6.58. The van der Waals surface area contributed by atoms with Crippen LogP contribution in [-0.2, 0) is 14.8 Å². The highest BCUT2D eigenvalue weighted by Gasteiger charge is 2.31. The van der Waals surface area contributed by atoms with Gasteiger partial charge in [-0.2, -0.15) is 4.31 Å². The van der Waals surface area contributed by atoms with Crippen molar-refractivity contribution in [1.29, 1.82) is 0 Å². The Morgan fingerprint density at radius 1 is 1.03 bits per heavy atom. The molecular weight excluding hydrogens is 460 g/mol. The van der Waals surface area contributed by atoms with Crippen LogP contribution >= 0.6 is 11.3 Å². The molecule has 0 aliphatic carbocycles. The summed E-state index contributed by atoms with van der Waals surface area (Å²) in [6, 6.07) is 11.3. The van der Waals surface area contributed by atoms with Gasteiger partial charge in [-0.15, -0.1) is 0 Å². The number of carbonyl (C=O) groups is 2. The standard InChI is InChI=1S/C23H26N4O4S2/c1-14-10-15(2)13-27(12-14)33(30,31)19-7-4-17(5-8-19)22(29)26-23-25-20-9-6-18(24-16(3)28)11-21(20)32-23/h4-9,11,14-15H,10,12-13H2,1-3H3,(H,24,28)(H,25,26,29). The number of fused-ring (bicyclic) bond motifs is 1. The van der Waals surface area contributed by atoms with Gasteiger partial charge in [0.05, 0.1) is 15.1 Å². The van der Waals surface area contributed by atoms with Crippen LogP contribution in [0.2, 0.25) is 0 Å². The molecule has 8 nitrogen and oxygen atoms in total. The van der Waals surface area contributed by atoms with Crippen LogP contribution in [0, 0.1) is 11.8 Å². The van der Waals surface area contributed by atoms with Gasteiger partial charge in [-0.05, 0) is 60.7 Å². The molecule has 0 spiro atoms. The number of nitrogens with one attached hydrogen (secondary N) is 2. The molecule has 2 N–H and O–H groups in total. The van der Waals surface area contributed by atoms with Gasteiger partial charge in [0.15, 0.2) is 5.13 Å². The van der Waals surface area contributed by atoms with Crippen molar-refractivity contribution in [2.24, 2.45) is 11.8 Å². The first kappa shape index (κ1) is 23.3. The molecule has 10 heteroatoms. The van der Waals surface area contributed by atoms with Crippen LogP contribution in [0.15, 0.2) is 47.4 Å². The molecule has 3 aromatic rings. The van der Waals surface area contributed by atoms with Gasteiger partial charge in [0.2, 0.25) is 15.9 Å². The summed E-state index contributed by atoms with van der Waals surface area (Å²) >= 11 is 1.29. The number of hydrogen-bond acceptors (Lipinski definition) is 6. The van der Waals surface area contributed by atoms with Gasteiger partial charge < -0.3 is 5.32 Å². The Balaban J connectivity index is 1.48. The van der Waals surface area contributed by atoms with E-state index < -0.39 is 10.0 Å². The van der Waals surface area contributed by atoms with Crippen LogP contribution in [0.5, 0.6) is 0 Å². The highest BCUT2D eigenvalue weighted by Crippen LogP contribution is 2.29. The lowest BCUT2D eigenvalue weighted by Crippen LogP contribution is -2.42. The van der Waals surface area contributed by atoms with E-state index in [1.54, 1.807) is 18.2 Å². The number of piperidine rings is 1. The predicted molar refractivity (Wildman–Crippen MR) is 130 cm³/mol. The first-order chi connectivity index (χ1) is 15.6. The van der Waals surface area contributed by atoms with Crippen LogP contribution in [0.25, 0.3) is 10.2 Å². The molecule has 1 aliphatic rings. The van der Waals surface area contributed by atoms with Gasteiger partial charge in [0.25, 0.3) is 5.91 Å². The van der Waals surface area contributed by atoms with E-state index in [1.807, 2.05) is 0 Å². The van der Waals surface area contributed by atoms with E-state index in [0.717, 1.165) is 11.1 Å². The highest BCUT2D eigenvalue weighted by atomic mass is 32.2. The van der Waals surface area contributed by atoms with Gasteiger partial charge in [-0.1, -0.05) is 25.2 Å². The second-order valence-corrected chi connectivity index (χ2v) is 11.6. The third kappa shape index (κ3) is 5.23. The van der Waals surface area contributed by atoms with Crippen molar-refractivity contribution in [3.63, 3.8) is 0 Å². The molecule has 0 radical (unpaired) electrons. The minimum atomic E-state index is -3.60.